The Kier molecular flexibility index (Phi) is 6.17. The molecule has 19 heavy (non-hydrogen) atoms. The fourth-order valence-corrected chi connectivity index (χ4v) is 6.78. The summed E-state index contributed by atoms with van der Waals surface area (Å²) in [5, 5.41) is 1.88. The first-order valence-electron chi connectivity index (χ1n) is 8.32. The van der Waals surface area contributed by atoms with Gasteiger partial charge in [-0.25, -0.2) is 0 Å². The zero-order valence-electron chi connectivity index (χ0n) is 14.3. The quantitative estimate of drug-likeness (QED) is 0.505. The molecule has 0 amide bonds. The largest absolute Gasteiger partial charge is 0.175 e. The Hall–Kier alpha value is -0.238. The molecular weight excluding hydrogens is 243 g/mol. The van der Waals surface area contributed by atoms with Crippen molar-refractivity contribution in [2.75, 3.05) is 0 Å². The molecule has 0 spiro atoms. The van der Waals surface area contributed by atoms with Gasteiger partial charge in [-0.05, 0) is 25.2 Å². The van der Waals surface area contributed by atoms with Crippen LogP contribution in [0.5, 0.6) is 0 Å². The monoisotopic (exact) mass is 276 g/mol. The van der Waals surface area contributed by atoms with E-state index in [2.05, 4.69) is 53.4 Å². The minimum atomic E-state index is -1.26. The topological polar surface area (TPSA) is 0 Å². The third kappa shape index (κ3) is 3.87. The molecule has 1 aliphatic rings. The molecule has 1 heterocycles. The van der Waals surface area contributed by atoms with Gasteiger partial charge in [0, 0.05) is 0 Å². The van der Waals surface area contributed by atoms with Gasteiger partial charge in [0.05, 0.1) is 8.07 Å². The van der Waals surface area contributed by atoms with Crippen molar-refractivity contribution in [3.63, 3.8) is 0 Å². The molecule has 0 bridgehead atoms. The lowest BCUT2D eigenvalue weighted by molar-refractivity contribution is 0.590. The Labute approximate surface area is 122 Å². The summed E-state index contributed by atoms with van der Waals surface area (Å²) < 4.78 is 0. The highest BCUT2D eigenvalue weighted by Crippen LogP contribution is 2.40. The van der Waals surface area contributed by atoms with Gasteiger partial charge in [0.1, 0.15) is 0 Å². The average molecular weight is 276 g/mol. The van der Waals surface area contributed by atoms with E-state index in [9.17, 15) is 0 Å². The first-order valence-corrected chi connectivity index (χ1v) is 11.4. The second-order valence-electron chi connectivity index (χ2n) is 7.08. The maximum Gasteiger partial charge on any atom is 0.175 e. The summed E-state index contributed by atoms with van der Waals surface area (Å²) in [5.41, 5.74) is 6.19. The maximum absolute atomic E-state index is 2.69. The lowest BCUT2D eigenvalue weighted by Gasteiger charge is -2.24. The molecule has 0 fully saturated rings. The molecule has 0 saturated heterocycles. The predicted molar refractivity (Wildman–Crippen MR) is 93.7 cm³/mol. The zero-order chi connectivity index (χ0) is 14.6. The Morgan fingerprint density at radius 1 is 1.11 bits per heavy atom. The molecule has 0 aromatic heterocycles. The van der Waals surface area contributed by atoms with Gasteiger partial charge in [-0.2, -0.15) is 0 Å². The second-order valence-corrected chi connectivity index (χ2v) is 11.4. The van der Waals surface area contributed by atoms with Gasteiger partial charge in [-0.15, -0.1) is 0 Å². The van der Waals surface area contributed by atoms with Crippen LogP contribution in [-0.2, 0) is 0 Å². The summed E-state index contributed by atoms with van der Waals surface area (Å²) in [7, 11) is -1.26. The lowest BCUT2D eigenvalue weighted by atomic mass is 9.39. The van der Waals surface area contributed by atoms with Crippen LogP contribution in [0.25, 0.3) is 0 Å². The summed E-state index contributed by atoms with van der Waals surface area (Å²) in [5.74, 6) is 0.825. The smallest absolute Gasteiger partial charge is 0.0879 e. The summed E-state index contributed by atoms with van der Waals surface area (Å²) in [6.07, 6.45) is 6.55. The molecule has 0 aromatic carbocycles. The van der Waals surface area contributed by atoms with Crippen molar-refractivity contribution in [2.45, 2.75) is 79.6 Å². The molecule has 0 unspecified atom stereocenters. The molecule has 0 radical (unpaired) electrons. The summed E-state index contributed by atoms with van der Waals surface area (Å²) >= 11 is 0. The van der Waals surface area contributed by atoms with E-state index >= 15 is 0 Å². The van der Waals surface area contributed by atoms with E-state index in [-0.39, 0.29) is 0 Å². The van der Waals surface area contributed by atoms with Gasteiger partial charge in [0.2, 0.25) is 0 Å². The van der Waals surface area contributed by atoms with Crippen molar-refractivity contribution >= 4 is 14.8 Å². The Morgan fingerprint density at radius 2 is 1.68 bits per heavy atom. The average Bonchev–Trinajstić information content (AvgIpc) is 2.60. The Morgan fingerprint density at radius 3 is 2.11 bits per heavy atom. The molecule has 0 aliphatic carbocycles. The second kappa shape index (κ2) is 6.97. The maximum atomic E-state index is 2.69. The van der Waals surface area contributed by atoms with Gasteiger partial charge in [-0.3, -0.25) is 0 Å². The zero-order valence-corrected chi connectivity index (χ0v) is 15.3. The van der Waals surface area contributed by atoms with Gasteiger partial charge < -0.3 is 0 Å². The van der Waals surface area contributed by atoms with E-state index in [0.29, 0.717) is 0 Å². The first kappa shape index (κ1) is 16.8. The van der Waals surface area contributed by atoms with Crippen LogP contribution < -0.4 is 0 Å². The van der Waals surface area contributed by atoms with E-state index in [4.69, 9.17) is 0 Å². The van der Waals surface area contributed by atoms with Crippen LogP contribution in [0.4, 0.5) is 0 Å². The van der Waals surface area contributed by atoms with Crippen molar-refractivity contribution in [2.24, 2.45) is 5.92 Å². The molecule has 0 nitrogen and oxygen atoms in total. The van der Waals surface area contributed by atoms with Crippen LogP contribution in [0.2, 0.25) is 25.7 Å². The number of hydrogen-bond acceptors (Lipinski definition) is 0. The molecule has 108 valence electrons. The molecule has 1 rings (SSSR count). The lowest BCUT2D eigenvalue weighted by Crippen LogP contribution is -2.27. The van der Waals surface area contributed by atoms with E-state index in [1.165, 1.54) is 31.9 Å². The standard InChI is InChI=1S/C17H33BSi/c1-8-15-13-19(6,7)16(12-11-14(4)5)17(15)18(9-2)10-3/h13-14H,8-12H2,1-7H3. The molecular formula is C17H33BSi. The van der Waals surface area contributed by atoms with Gasteiger partial charge in [0.15, 0.2) is 6.71 Å². The number of allylic oxidation sites excluding steroid dienone is 3. The van der Waals surface area contributed by atoms with Crippen LogP contribution in [0.15, 0.2) is 21.9 Å². The van der Waals surface area contributed by atoms with Crippen molar-refractivity contribution in [3.8, 4) is 0 Å². The normalized spacial score (nSPS) is 18.2. The third-order valence-electron chi connectivity index (χ3n) is 4.73. The van der Waals surface area contributed by atoms with Crippen molar-refractivity contribution in [3.05, 3.63) is 21.9 Å². The SMILES string of the molecule is CCB(CC)C1=C(CCC(C)C)[Si](C)(C)C=C1CC. The van der Waals surface area contributed by atoms with Gasteiger partial charge in [0.25, 0.3) is 0 Å². The molecule has 1 aliphatic heterocycles. The molecule has 0 atom stereocenters. The first-order chi connectivity index (χ1) is 8.87. The molecule has 0 saturated carbocycles. The van der Waals surface area contributed by atoms with Crippen LogP contribution in [0, 0.1) is 5.92 Å². The summed E-state index contributed by atoms with van der Waals surface area (Å²) in [4.78, 5) is 0. The third-order valence-corrected chi connectivity index (χ3v) is 7.88. The minimum Gasteiger partial charge on any atom is -0.0879 e. The van der Waals surface area contributed by atoms with Crippen LogP contribution in [0.3, 0.4) is 0 Å². The van der Waals surface area contributed by atoms with Crippen LogP contribution in [-0.4, -0.2) is 14.8 Å². The molecule has 0 N–H and O–H groups in total. The summed E-state index contributed by atoms with van der Waals surface area (Å²) in [6.45, 7) is 17.7. The Balaban J connectivity index is 3.14. The van der Waals surface area contributed by atoms with E-state index in [1.807, 2.05) is 5.20 Å². The van der Waals surface area contributed by atoms with E-state index in [0.717, 1.165) is 12.6 Å². The highest BCUT2D eigenvalue weighted by Gasteiger charge is 2.35. The van der Waals surface area contributed by atoms with E-state index in [1.54, 1.807) is 11.0 Å². The minimum absolute atomic E-state index is 0.808. The van der Waals surface area contributed by atoms with Gasteiger partial charge in [-0.1, -0.05) is 82.3 Å². The van der Waals surface area contributed by atoms with Crippen molar-refractivity contribution < 1.29 is 0 Å². The number of rotatable bonds is 7. The van der Waals surface area contributed by atoms with Gasteiger partial charge >= 0.3 is 0 Å². The predicted octanol–water partition coefficient (Wildman–Crippen LogP) is 5.93. The Bertz CT molecular complexity index is 359. The fourth-order valence-electron chi connectivity index (χ4n) is 3.53. The highest BCUT2D eigenvalue weighted by molar-refractivity contribution is 6.92. The molecule has 2 heteroatoms. The summed E-state index contributed by atoms with van der Waals surface area (Å²) in [6, 6.07) is 0. The number of hydrogen-bond donors (Lipinski definition) is 0. The highest BCUT2D eigenvalue weighted by atomic mass is 28.3. The fraction of sp³-hybridized carbons (Fsp3) is 0.765. The molecule has 0 aromatic rings. The van der Waals surface area contributed by atoms with Crippen molar-refractivity contribution in [1.29, 1.82) is 0 Å². The van der Waals surface area contributed by atoms with Crippen LogP contribution in [0.1, 0.15) is 53.9 Å². The van der Waals surface area contributed by atoms with E-state index < -0.39 is 8.07 Å². The van der Waals surface area contributed by atoms with Crippen molar-refractivity contribution in [1.82, 2.24) is 0 Å². The van der Waals surface area contributed by atoms with Crippen LogP contribution >= 0.6 is 0 Å².